The fraction of sp³-hybridized carbons (Fsp3) is 0.211. The molecule has 2 aromatic carbocycles. The van der Waals surface area contributed by atoms with Gasteiger partial charge in [-0.15, -0.1) is 0 Å². The fourth-order valence-corrected chi connectivity index (χ4v) is 3.07. The molecule has 116 valence electrons. The van der Waals surface area contributed by atoms with E-state index in [2.05, 4.69) is 34.1 Å². The highest BCUT2D eigenvalue weighted by Gasteiger charge is 2.18. The predicted molar refractivity (Wildman–Crippen MR) is 87.7 cm³/mol. The average molecular weight is 308 g/mol. The number of fused-ring (bicyclic) bond motifs is 1. The number of aromatic nitrogens is 1. The molecule has 0 saturated carbocycles. The highest BCUT2D eigenvalue weighted by Crippen LogP contribution is 2.29. The molecule has 0 radical (unpaired) electrons. The van der Waals surface area contributed by atoms with Crippen LogP contribution in [0.25, 0.3) is 11.3 Å². The zero-order valence-electron chi connectivity index (χ0n) is 12.7. The molecule has 0 saturated heterocycles. The lowest BCUT2D eigenvalue weighted by molar-refractivity contribution is 0.493. The highest BCUT2D eigenvalue weighted by molar-refractivity contribution is 5.57. The molecule has 4 heteroatoms. The van der Waals surface area contributed by atoms with Gasteiger partial charge in [-0.25, -0.2) is 9.37 Å². The summed E-state index contributed by atoms with van der Waals surface area (Å²) in [6, 6.07) is 14.7. The lowest BCUT2D eigenvalue weighted by Crippen LogP contribution is -2.28. The van der Waals surface area contributed by atoms with E-state index in [1.165, 1.54) is 23.4 Å². The summed E-state index contributed by atoms with van der Waals surface area (Å²) in [6.07, 6.45) is 3.97. The maximum Gasteiger partial charge on any atom is 0.214 e. The summed E-state index contributed by atoms with van der Waals surface area (Å²) in [4.78, 5) is 6.68. The molecule has 1 aliphatic rings. The van der Waals surface area contributed by atoms with E-state index in [9.17, 15) is 4.39 Å². The molecule has 1 aliphatic heterocycles. The van der Waals surface area contributed by atoms with Gasteiger partial charge in [0.1, 0.15) is 5.82 Å². The van der Waals surface area contributed by atoms with E-state index in [0.29, 0.717) is 18.2 Å². The van der Waals surface area contributed by atoms with Crippen molar-refractivity contribution in [1.82, 2.24) is 4.98 Å². The van der Waals surface area contributed by atoms with E-state index in [4.69, 9.17) is 4.42 Å². The number of rotatable bonds is 3. The quantitative estimate of drug-likeness (QED) is 0.716. The summed E-state index contributed by atoms with van der Waals surface area (Å²) in [6.45, 7) is 1.66. The largest absolute Gasteiger partial charge is 0.439 e. The minimum atomic E-state index is -0.251. The first-order valence-corrected chi connectivity index (χ1v) is 7.83. The van der Waals surface area contributed by atoms with E-state index < -0.39 is 0 Å². The van der Waals surface area contributed by atoms with Crippen LogP contribution in [0.4, 0.5) is 10.1 Å². The Kier molecular flexibility index (Phi) is 3.58. The SMILES string of the molecule is Fc1ccc(-c2cnc(CN3CCCc4ccccc43)o2)cc1. The van der Waals surface area contributed by atoms with Crippen molar-refractivity contribution in [1.29, 1.82) is 0 Å². The molecule has 0 bridgehead atoms. The topological polar surface area (TPSA) is 29.3 Å². The van der Waals surface area contributed by atoms with Gasteiger partial charge in [-0.05, 0) is 48.7 Å². The van der Waals surface area contributed by atoms with Gasteiger partial charge in [-0.2, -0.15) is 0 Å². The number of benzene rings is 2. The summed E-state index contributed by atoms with van der Waals surface area (Å²) in [7, 11) is 0. The van der Waals surface area contributed by atoms with Gasteiger partial charge in [-0.3, -0.25) is 0 Å². The van der Waals surface area contributed by atoms with E-state index in [-0.39, 0.29) is 5.82 Å². The molecule has 0 atom stereocenters. The minimum Gasteiger partial charge on any atom is -0.439 e. The van der Waals surface area contributed by atoms with Gasteiger partial charge in [0.2, 0.25) is 5.89 Å². The number of para-hydroxylation sites is 1. The molecule has 1 aromatic heterocycles. The van der Waals surface area contributed by atoms with Crippen molar-refractivity contribution < 1.29 is 8.81 Å². The van der Waals surface area contributed by atoms with Crippen molar-refractivity contribution in [2.75, 3.05) is 11.4 Å². The first-order valence-electron chi connectivity index (χ1n) is 7.83. The monoisotopic (exact) mass is 308 g/mol. The Bertz CT molecular complexity index is 810. The average Bonchev–Trinajstić information content (AvgIpc) is 3.04. The molecule has 0 unspecified atom stereocenters. The van der Waals surface area contributed by atoms with Crippen LogP contribution in [0.3, 0.4) is 0 Å². The van der Waals surface area contributed by atoms with Crippen molar-refractivity contribution >= 4 is 5.69 Å². The van der Waals surface area contributed by atoms with Gasteiger partial charge in [0.05, 0.1) is 12.7 Å². The van der Waals surface area contributed by atoms with Crippen molar-refractivity contribution in [3.63, 3.8) is 0 Å². The normalized spacial score (nSPS) is 13.9. The number of hydrogen-bond acceptors (Lipinski definition) is 3. The first-order chi connectivity index (χ1) is 11.3. The summed E-state index contributed by atoms with van der Waals surface area (Å²) in [5, 5.41) is 0. The molecule has 0 spiro atoms. The van der Waals surface area contributed by atoms with Gasteiger partial charge in [-0.1, -0.05) is 18.2 Å². The van der Waals surface area contributed by atoms with Crippen LogP contribution < -0.4 is 4.90 Å². The maximum absolute atomic E-state index is 13.0. The van der Waals surface area contributed by atoms with Crippen molar-refractivity contribution in [2.45, 2.75) is 19.4 Å². The summed E-state index contributed by atoms with van der Waals surface area (Å²) < 4.78 is 18.9. The van der Waals surface area contributed by atoms with E-state index >= 15 is 0 Å². The smallest absolute Gasteiger partial charge is 0.214 e. The number of aryl methyl sites for hydroxylation is 1. The van der Waals surface area contributed by atoms with Gasteiger partial charge < -0.3 is 9.32 Å². The zero-order valence-corrected chi connectivity index (χ0v) is 12.7. The second-order valence-electron chi connectivity index (χ2n) is 5.78. The standard InChI is InChI=1S/C19H17FN2O/c20-16-9-7-15(8-10-16)18-12-21-19(23-18)13-22-11-3-5-14-4-1-2-6-17(14)22/h1-2,4,6-10,12H,3,5,11,13H2. The number of anilines is 1. The molecule has 23 heavy (non-hydrogen) atoms. The number of oxazole rings is 1. The Morgan fingerprint density at radius 2 is 1.91 bits per heavy atom. The third-order valence-electron chi connectivity index (χ3n) is 4.21. The first kappa shape index (κ1) is 14.0. The van der Waals surface area contributed by atoms with Crippen LogP contribution in [0, 0.1) is 5.82 Å². The van der Waals surface area contributed by atoms with Gasteiger partial charge in [0, 0.05) is 17.8 Å². The molecule has 0 fully saturated rings. The van der Waals surface area contributed by atoms with Crippen LogP contribution >= 0.6 is 0 Å². The van der Waals surface area contributed by atoms with E-state index in [1.54, 1.807) is 18.3 Å². The number of halogens is 1. The summed E-state index contributed by atoms with van der Waals surface area (Å²) >= 11 is 0. The highest BCUT2D eigenvalue weighted by atomic mass is 19.1. The Hall–Kier alpha value is -2.62. The number of hydrogen-bond donors (Lipinski definition) is 0. The third kappa shape index (κ3) is 2.84. The van der Waals surface area contributed by atoms with Crippen LogP contribution in [0.1, 0.15) is 17.9 Å². The molecular formula is C19H17FN2O. The molecular weight excluding hydrogens is 291 g/mol. The second kappa shape index (κ2) is 5.88. The van der Waals surface area contributed by atoms with E-state index in [1.807, 2.05) is 0 Å². The molecule has 0 amide bonds. The predicted octanol–water partition coefficient (Wildman–Crippen LogP) is 4.43. The minimum absolute atomic E-state index is 0.251. The summed E-state index contributed by atoms with van der Waals surface area (Å²) in [5.74, 6) is 1.10. The second-order valence-corrected chi connectivity index (χ2v) is 5.78. The molecule has 4 rings (SSSR count). The van der Waals surface area contributed by atoms with E-state index in [0.717, 1.165) is 24.9 Å². The Labute approximate surface area is 134 Å². The molecule has 3 nitrogen and oxygen atoms in total. The fourth-order valence-electron chi connectivity index (χ4n) is 3.07. The maximum atomic E-state index is 13.0. The molecule has 0 aliphatic carbocycles. The Balaban J connectivity index is 1.56. The van der Waals surface area contributed by atoms with Crippen molar-refractivity contribution in [2.24, 2.45) is 0 Å². The van der Waals surface area contributed by atoms with Crippen molar-refractivity contribution in [3.05, 3.63) is 72.0 Å². The molecule has 3 aromatic rings. The van der Waals surface area contributed by atoms with Gasteiger partial charge in [0.25, 0.3) is 0 Å². The lowest BCUT2D eigenvalue weighted by atomic mass is 10.0. The van der Waals surface area contributed by atoms with Crippen LogP contribution in [0.15, 0.2) is 59.1 Å². The van der Waals surface area contributed by atoms with Crippen LogP contribution in [0.2, 0.25) is 0 Å². The van der Waals surface area contributed by atoms with Gasteiger partial charge in [0.15, 0.2) is 5.76 Å². The van der Waals surface area contributed by atoms with Crippen LogP contribution in [-0.2, 0) is 13.0 Å². The Morgan fingerprint density at radius 1 is 1.09 bits per heavy atom. The van der Waals surface area contributed by atoms with Crippen LogP contribution in [-0.4, -0.2) is 11.5 Å². The number of nitrogens with zero attached hydrogens (tertiary/aromatic N) is 2. The van der Waals surface area contributed by atoms with Crippen molar-refractivity contribution in [3.8, 4) is 11.3 Å². The van der Waals surface area contributed by atoms with Crippen LogP contribution in [0.5, 0.6) is 0 Å². The summed E-state index contributed by atoms with van der Waals surface area (Å²) in [5.41, 5.74) is 3.48. The van der Waals surface area contributed by atoms with Gasteiger partial charge >= 0.3 is 0 Å². The molecule has 0 N–H and O–H groups in total. The molecule has 2 heterocycles. The lowest BCUT2D eigenvalue weighted by Gasteiger charge is -2.30. The third-order valence-corrected chi connectivity index (χ3v) is 4.21. The zero-order chi connectivity index (χ0) is 15.6. The Morgan fingerprint density at radius 3 is 2.78 bits per heavy atom.